The number of carboxylic acid groups (broad SMARTS) is 1. The first-order valence-corrected chi connectivity index (χ1v) is 10.6. The number of hydrogen-bond donors (Lipinski definition) is 1. The number of likely N-dealkylation sites (tertiary alicyclic amines) is 1. The quantitative estimate of drug-likeness (QED) is 0.653. The van der Waals surface area contributed by atoms with Gasteiger partial charge in [0.15, 0.2) is 0 Å². The van der Waals surface area contributed by atoms with Gasteiger partial charge in [0.05, 0.1) is 0 Å². The summed E-state index contributed by atoms with van der Waals surface area (Å²) in [6, 6.07) is 17.6. The molecule has 0 spiro atoms. The third kappa shape index (κ3) is 5.31. The standard InChI is InChI=1S/C24H30N2O2.ClH/c27-24(28)17-19-13-16-25(18-19)14-5-6-15-26-22-9-3-1-7-20(22)11-12-21-8-2-4-10-23(21)26;/h1-4,7-10,19H,5-6,11-18H2,(H,27,28);1H/t19-;/m1./s1. The Bertz CT molecular complexity index is 779. The first-order valence-electron chi connectivity index (χ1n) is 10.6. The number of para-hydroxylation sites is 2. The first kappa shape index (κ1) is 21.7. The molecular formula is C24H31ClN2O2. The largest absolute Gasteiger partial charge is 0.481 e. The Morgan fingerprint density at radius 2 is 1.52 bits per heavy atom. The highest BCUT2D eigenvalue weighted by Gasteiger charge is 2.24. The van der Waals surface area contributed by atoms with Gasteiger partial charge in [0.1, 0.15) is 0 Å². The van der Waals surface area contributed by atoms with Crippen molar-refractivity contribution in [1.82, 2.24) is 4.90 Å². The lowest BCUT2D eigenvalue weighted by Gasteiger charge is -2.27. The van der Waals surface area contributed by atoms with E-state index in [4.69, 9.17) is 5.11 Å². The minimum atomic E-state index is -0.662. The van der Waals surface area contributed by atoms with E-state index in [-0.39, 0.29) is 12.4 Å². The molecule has 0 aromatic heterocycles. The van der Waals surface area contributed by atoms with Crippen molar-refractivity contribution < 1.29 is 9.90 Å². The summed E-state index contributed by atoms with van der Waals surface area (Å²) in [5, 5.41) is 8.98. The van der Waals surface area contributed by atoms with E-state index >= 15 is 0 Å². The zero-order chi connectivity index (χ0) is 19.3. The number of fused-ring (bicyclic) bond motifs is 2. The van der Waals surface area contributed by atoms with E-state index in [9.17, 15) is 4.79 Å². The van der Waals surface area contributed by atoms with Crippen LogP contribution in [0.5, 0.6) is 0 Å². The van der Waals surface area contributed by atoms with Crippen molar-refractivity contribution in [2.24, 2.45) is 5.92 Å². The Kier molecular flexibility index (Phi) is 7.57. The van der Waals surface area contributed by atoms with Crippen molar-refractivity contribution in [3.8, 4) is 0 Å². The Morgan fingerprint density at radius 1 is 0.931 bits per heavy atom. The highest BCUT2D eigenvalue weighted by atomic mass is 35.5. The number of carboxylic acids is 1. The second-order valence-corrected chi connectivity index (χ2v) is 8.17. The molecule has 0 bridgehead atoms. The molecule has 4 rings (SSSR count). The molecule has 1 atom stereocenters. The molecule has 0 radical (unpaired) electrons. The second kappa shape index (κ2) is 10.1. The van der Waals surface area contributed by atoms with Crippen molar-refractivity contribution in [3.05, 3.63) is 59.7 Å². The normalized spacial score (nSPS) is 18.5. The van der Waals surface area contributed by atoms with Gasteiger partial charge in [-0.3, -0.25) is 4.79 Å². The van der Waals surface area contributed by atoms with E-state index in [2.05, 4.69) is 58.3 Å². The highest BCUT2D eigenvalue weighted by Crippen LogP contribution is 2.36. The van der Waals surface area contributed by atoms with E-state index in [0.717, 1.165) is 58.3 Å². The molecule has 0 amide bonds. The zero-order valence-electron chi connectivity index (χ0n) is 16.9. The average molecular weight is 415 g/mol. The third-order valence-electron chi connectivity index (χ3n) is 6.17. The number of benzene rings is 2. The van der Waals surface area contributed by atoms with Gasteiger partial charge >= 0.3 is 5.97 Å². The molecule has 1 saturated heterocycles. The smallest absolute Gasteiger partial charge is 0.303 e. The van der Waals surface area contributed by atoms with Gasteiger partial charge in [-0.2, -0.15) is 0 Å². The maximum atomic E-state index is 10.9. The average Bonchev–Trinajstić information content (AvgIpc) is 3.07. The molecule has 2 aliphatic rings. The summed E-state index contributed by atoms with van der Waals surface area (Å²) in [5.74, 6) is -0.327. The number of rotatable bonds is 7. The van der Waals surface area contributed by atoms with Crippen molar-refractivity contribution in [2.75, 3.05) is 31.1 Å². The fourth-order valence-corrected chi connectivity index (χ4v) is 4.75. The van der Waals surface area contributed by atoms with Crippen LogP contribution in [0.2, 0.25) is 0 Å². The van der Waals surface area contributed by atoms with Crippen LogP contribution in [-0.2, 0) is 17.6 Å². The summed E-state index contributed by atoms with van der Waals surface area (Å²) in [5.41, 5.74) is 5.59. The lowest BCUT2D eigenvalue weighted by atomic mass is 10.0. The van der Waals surface area contributed by atoms with E-state index < -0.39 is 5.97 Å². The second-order valence-electron chi connectivity index (χ2n) is 8.17. The predicted octanol–water partition coefficient (Wildman–Crippen LogP) is 4.92. The van der Waals surface area contributed by atoms with Crippen LogP contribution in [0.25, 0.3) is 0 Å². The number of unbranched alkanes of at least 4 members (excludes halogenated alkanes) is 1. The fourth-order valence-electron chi connectivity index (χ4n) is 4.75. The van der Waals surface area contributed by atoms with Gasteiger partial charge in [0, 0.05) is 30.9 Å². The monoisotopic (exact) mass is 414 g/mol. The van der Waals surface area contributed by atoms with Gasteiger partial charge in [-0.25, -0.2) is 0 Å². The van der Waals surface area contributed by atoms with Gasteiger partial charge in [-0.1, -0.05) is 36.4 Å². The summed E-state index contributed by atoms with van der Waals surface area (Å²) in [6.07, 6.45) is 5.84. The molecule has 1 N–H and O–H groups in total. The van der Waals surface area contributed by atoms with Gasteiger partial charge in [0.2, 0.25) is 0 Å². The lowest BCUT2D eigenvalue weighted by Crippen LogP contribution is -2.24. The summed E-state index contributed by atoms with van der Waals surface area (Å²) in [7, 11) is 0. The van der Waals surface area contributed by atoms with Gasteiger partial charge in [-0.15, -0.1) is 12.4 Å². The van der Waals surface area contributed by atoms with Crippen LogP contribution in [0.4, 0.5) is 11.4 Å². The van der Waals surface area contributed by atoms with Gasteiger partial charge < -0.3 is 14.9 Å². The molecule has 29 heavy (non-hydrogen) atoms. The Hall–Kier alpha value is -2.04. The van der Waals surface area contributed by atoms with Crippen molar-refractivity contribution in [3.63, 3.8) is 0 Å². The number of nitrogens with zero attached hydrogens (tertiary/aromatic N) is 2. The van der Waals surface area contributed by atoms with Gasteiger partial charge in [0.25, 0.3) is 0 Å². The molecule has 4 nitrogen and oxygen atoms in total. The van der Waals surface area contributed by atoms with Crippen LogP contribution in [0.15, 0.2) is 48.5 Å². The lowest BCUT2D eigenvalue weighted by molar-refractivity contribution is -0.138. The number of aryl methyl sites for hydroxylation is 2. The number of anilines is 2. The minimum absolute atomic E-state index is 0. The van der Waals surface area contributed by atoms with E-state index in [1.807, 2.05) is 0 Å². The van der Waals surface area contributed by atoms with Crippen LogP contribution in [-0.4, -0.2) is 42.2 Å². The maximum Gasteiger partial charge on any atom is 0.303 e. The summed E-state index contributed by atoms with van der Waals surface area (Å²) >= 11 is 0. The summed E-state index contributed by atoms with van der Waals surface area (Å²) in [4.78, 5) is 15.9. The Balaban J connectivity index is 0.00000240. The molecule has 0 saturated carbocycles. The number of halogens is 1. The van der Waals surface area contributed by atoms with E-state index in [0.29, 0.717) is 12.3 Å². The van der Waals surface area contributed by atoms with Crippen LogP contribution in [0.1, 0.15) is 36.8 Å². The van der Waals surface area contributed by atoms with Crippen LogP contribution in [0.3, 0.4) is 0 Å². The van der Waals surface area contributed by atoms with Gasteiger partial charge in [-0.05, 0) is 74.4 Å². The molecule has 2 heterocycles. The summed E-state index contributed by atoms with van der Waals surface area (Å²) in [6.45, 7) is 4.10. The van der Waals surface area contributed by atoms with Crippen LogP contribution < -0.4 is 4.90 Å². The third-order valence-corrected chi connectivity index (χ3v) is 6.17. The zero-order valence-corrected chi connectivity index (χ0v) is 17.7. The molecule has 2 aliphatic heterocycles. The molecule has 2 aromatic carbocycles. The van der Waals surface area contributed by atoms with Crippen LogP contribution >= 0.6 is 12.4 Å². The molecule has 0 aliphatic carbocycles. The van der Waals surface area contributed by atoms with Crippen molar-refractivity contribution in [2.45, 2.75) is 38.5 Å². The predicted molar refractivity (Wildman–Crippen MR) is 121 cm³/mol. The molecule has 156 valence electrons. The number of hydrogen-bond acceptors (Lipinski definition) is 3. The molecular weight excluding hydrogens is 384 g/mol. The SMILES string of the molecule is Cl.O=C(O)C[C@H]1CCN(CCCCN2c3ccccc3CCc3ccccc32)C1. The number of carbonyl (C=O) groups is 1. The maximum absolute atomic E-state index is 10.9. The topological polar surface area (TPSA) is 43.8 Å². The fraction of sp³-hybridized carbons (Fsp3) is 0.458. The Morgan fingerprint density at radius 3 is 2.14 bits per heavy atom. The molecule has 1 fully saturated rings. The molecule has 2 aromatic rings. The minimum Gasteiger partial charge on any atom is -0.481 e. The van der Waals surface area contributed by atoms with E-state index in [1.165, 1.54) is 22.5 Å². The molecule has 0 unspecified atom stereocenters. The number of aliphatic carboxylic acids is 1. The Labute approximate surface area is 179 Å². The van der Waals surface area contributed by atoms with Crippen molar-refractivity contribution in [1.29, 1.82) is 0 Å². The first-order chi connectivity index (χ1) is 13.7. The highest BCUT2D eigenvalue weighted by molar-refractivity contribution is 5.85. The summed E-state index contributed by atoms with van der Waals surface area (Å²) < 4.78 is 0. The molecule has 5 heteroatoms. The van der Waals surface area contributed by atoms with Crippen LogP contribution in [0, 0.1) is 5.92 Å². The van der Waals surface area contributed by atoms with E-state index in [1.54, 1.807) is 0 Å². The van der Waals surface area contributed by atoms with Crippen molar-refractivity contribution >= 4 is 29.8 Å².